The van der Waals surface area contributed by atoms with E-state index in [0.29, 0.717) is 48.6 Å². The summed E-state index contributed by atoms with van der Waals surface area (Å²) >= 11 is 1.57. The van der Waals surface area contributed by atoms with Gasteiger partial charge < -0.3 is 24.6 Å². The molecule has 252 valence electrons. The van der Waals surface area contributed by atoms with Crippen molar-refractivity contribution in [3.8, 4) is 0 Å². The topological polar surface area (TPSA) is 99.3 Å². The Balaban J connectivity index is 1.12. The lowest BCUT2D eigenvalue weighted by atomic mass is 9.88. The van der Waals surface area contributed by atoms with Crippen molar-refractivity contribution in [1.82, 2.24) is 14.7 Å². The van der Waals surface area contributed by atoms with Gasteiger partial charge in [-0.3, -0.25) is 19.3 Å². The molecular weight excluding hydrogens is 619 g/mol. The van der Waals surface area contributed by atoms with Crippen LogP contribution in [0.2, 0.25) is 0 Å². The Labute approximate surface area is 280 Å². The van der Waals surface area contributed by atoms with Gasteiger partial charge in [-0.25, -0.2) is 4.39 Å². The van der Waals surface area contributed by atoms with E-state index in [9.17, 15) is 19.2 Å². The van der Waals surface area contributed by atoms with Gasteiger partial charge in [-0.05, 0) is 69.1 Å². The van der Waals surface area contributed by atoms with Gasteiger partial charge in [-0.2, -0.15) is 0 Å². The number of fused-ring (bicyclic) bond motifs is 1. The molecule has 1 saturated carbocycles. The van der Waals surface area contributed by atoms with Gasteiger partial charge in [0.05, 0.1) is 30.7 Å². The van der Waals surface area contributed by atoms with E-state index in [-0.39, 0.29) is 48.2 Å². The van der Waals surface area contributed by atoms with Gasteiger partial charge in [-0.15, -0.1) is 11.3 Å². The molecule has 1 N–H and O–H groups in total. The maximum Gasteiger partial charge on any atom is 0.257 e. The van der Waals surface area contributed by atoms with Crippen molar-refractivity contribution in [3.63, 3.8) is 0 Å². The highest BCUT2D eigenvalue weighted by Crippen LogP contribution is 2.32. The highest BCUT2D eigenvalue weighted by Gasteiger charge is 2.39. The van der Waals surface area contributed by atoms with Crippen LogP contribution in [0.25, 0.3) is 6.08 Å². The van der Waals surface area contributed by atoms with Crippen LogP contribution in [0.3, 0.4) is 0 Å². The minimum atomic E-state index is -0.526. The van der Waals surface area contributed by atoms with Crippen molar-refractivity contribution in [2.75, 3.05) is 44.6 Å². The molecule has 2 saturated heterocycles. The zero-order valence-electron chi connectivity index (χ0n) is 27.3. The molecule has 3 amide bonds. The Morgan fingerprint density at radius 3 is 2.60 bits per heavy atom. The van der Waals surface area contributed by atoms with Crippen LogP contribution in [-0.4, -0.2) is 96.2 Å². The molecule has 2 aromatic rings. The largest absolute Gasteiger partial charge is 0.376 e. The number of benzene rings is 1. The summed E-state index contributed by atoms with van der Waals surface area (Å²) in [7, 11) is 0. The maximum absolute atomic E-state index is 15.5. The van der Waals surface area contributed by atoms with Crippen LogP contribution in [0.5, 0.6) is 0 Å². The molecule has 0 bridgehead atoms. The number of aryl methyl sites for hydroxylation is 2. The fourth-order valence-electron chi connectivity index (χ4n) is 7.50. The second kappa shape index (κ2) is 14.8. The Kier molecular flexibility index (Phi) is 10.5. The number of amides is 3. The van der Waals surface area contributed by atoms with Crippen LogP contribution in [0.1, 0.15) is 77.4 Å². The maximum atomic E-state index is 15.5. The quantitative estimate of drug-likeness (QED) is 0.385. The standard InChI is InChI=1S/C36H45FN4O5S/c1-23-15-26(32(37)18-33(23)38-36(45)31-22-47-34-6-4-3-5-30(31)34)16-35(44)41-19-27(40-13-11-39(12-14-40)24(2)43)17-28(41)21-46-29-9-7-25(20-42)8-10-29/h3,5,15,18,20,22,25,27-29H,4,6-14,16-17,19,21H2,1-2H3,(H,38,45)/t25-,27-,28-,29-/m0/s1. The van der Waals surface area contributed by atoms with Gasteiger partial charge in [-0.1, -0.05) is 18.2 Å². The number of allylic oxidation sites excluding steroid dienone is 1. The van der Waals surface area contributed by atoms with Gasteiger partial charge in [0.1, 0.15) is 12.1 Å². The fourth-order valence-corrected chi connectivity index (χ4v) is 8.54. The molecule has 3 fully saturated rings. The molecule has 3 heterocycles. The average Bonchev–Trinajstić information content (AvgIpc) is 3.71. The van der Waals surface area contributed by atoms with E-state index in [4.69, 9.17) is 4.74 Å². The molecule has 0 spiro atoms. The summed E-state index contributed by atoms with van der Waals surface area (Å²) in [5, 5.41) is 4.74. The highest BCUT2D eigenvalue weighted by atomic mass is 32.1. The lowest BCUT2D eigenvalue weighted by Crippen LogP contribution is -2.52. The van der Waals surface area contributed by atoms with Crippen LogP contribution >= 0.6 is 11.3 Å². The fraction of sp³-hybridized carbons (Fsp3) is 0.556. The second-order valence-electron chi connectivity index (χ2n) is 13.5. The normalized spacial score (nSPS) is 24.7. The van der Waals surface area contributed by atoms with Crippen LogP contribution in [0, 0.1) is 18.7 Å². The molecule has 0 radical (unpaired) electrons. The summed E-state index contributed by atoms with van der Waals surface area (Å²) in [4.78, 5) is 57.3. The molecule has 9 nitrogen and oxygen atoms in total. The first kappa shape index (κ1) is 33.5. The number of carbonyl (C=O) groups excluding carboxylic acids is 4. The number of halogens is 1. The third-order valence-electron chi connectivity index (χ3n) is 10.4. The second-order valence-corrected chi connectivity index (χ2v) is 14.4. The molecule has 2 atom stereocenters. The molecule has 6 rings (SSSR count). The van der Waals surface area contributed by atoms with Gasteiger partial charge in [0, 0.05) is 73.1 Å². The molecule has 2 aliphatic carbocycles. The van der Waals surface area contributed by atoms with Crippen LogP contribution in [-0.2, 0) is 32.0 Å². The predicted octanol–water partition coefficient (Wildman–Crippen LogP) is 4.86. The van der Waals surface area contributed by atoms with E-state index in [1.165, 1.54) is 10.9 Å². The molecule has 1 aromatic heterocycles. The minimum absolute atomic E-state index is 0.0692. The first-order chi connectivity index (χ1) is 22.7. The SMILES string of the molecule is CC(=O)N1CCN([C@H]2C[C@@H](CO[C@H]3CC[C@H](C=O)CC3)N(C(=O)Cc3cc(C)c(NC(=O)c4csc5c4C=CCC5)cc3F)C2)CC1. The number of carbonyl (C=O) groups is 4. The Bertz CT molecular complexity index is 1530. The third kappa shape index (κ3) is 7.68. The van der Waals surface area contributed by atoms with E-state index in [0.717, 1.165) is 69.9 Å². The smallest absolute Gasteiger partial charge is 0.257 e. The zero-order valence-corrected chi connectivity index (χ0v) is 28.2. The number of ether oxygens (including phenoxy) is 1. The van der Waals surface area contributed by atoms with Crippen LogP contribution < -0.4 is 5.32 Å². The number of likely N-dealkylation sites (tertiary alicyclic amines) is 1. The summed E-state index contributed by atoms with van der Waals surface area (Å²) < 4.78 is 21.9. The number of anilines is 1. The first-order valence-corrected chi connectivity index (χ1v) is 17.8. The Morgan fingerprint density at radius 2 is 1.87 bits per heavy atom. The summed E-state index contributed by atoms with van der Waals surface area (Å²) in [5.41, 5.74) is 2.92. The molecule has 2 aliphatic heterocycles. The van der Waals surface area contributed by atoms with Gasteiger partial charge in [0.2, 0.25) is 11.8 Å². The highest BCUT2D eigenvalue weighted by molar-refractivity contribution is 7.10. The number of thiophene rings is 1. The van der Waals surface area contributed by atoms with Crippen molar-refractivity contribution >= 4 is 47.1 Å². The van der Waals surface area contributed by atoms with Crippen LogP contribution in [0.15, 0.2) is 23.6 Å². The number of hydrogen-bond acceptors (Lipinski definition) is 7. The van der Waals surface area contributed by atoms with E-state index in [2.05, 4.69) is 16.3 Å². The van der Waals surface area contributed by atoms with E-state index >= 15 is 4.39 Å². The van der Waals surface area contributed by atoms with Crippen molar-refractivity contribution in [2.45, 2.75) is 83.4 Å². The van der Waals surface area contributed by atoms with Crippen molar-refractivity contribution in [2.24, 2.45) is 5.92 Å². The number of nitrogens with one attached hydrogen (secondary N) is 1. The summed E-state index contributed by atoms with van der Waals surface area (Å²) in [6, 6.07) is 2.98. The first-order valence-electron chi connectivity index (χ1n) is 16.9. The minimum Gasteiger partial charge on any atom is -0.376 e. The van der Waals surface area contributed by atoms with Crippen molar-refractivity contribution in [1.29, 1.82) is 0 Å². The summed E-state index contributed by atoms with van der Waals surface area (Å²) in [6.45, 7) is 7.17. The lowest BCUT2D eigenvalue weighted by molar-refractivity contribution is -0.133. The lowest BCUT2D eigenvalue weighted by Gasteiger charge is -2.37. The summed E-state index contributed by atoms with van der Waals surface area (Å²) in [6.07, 6.45) is 11.0. The number of aldehydes is 1. The average molecular weight is 665 g/mol. The number of hydrogen-bond donors (Lipinski definition) is 1. The van der Waals surface area contributed by atoms with Crippen molar-refractivity contribution in [3.05, 3.63) is 56.5 Å². The number of rotatable bonds is 9. The van der Waals surface area contributed by atoms with Gasteiger partial charge in [0.15, 0.2) is 0 Å². The van der Waals surface area contributed by atoms with E-state index < -0.39 is 5.82 Å². The molecular formula is C36H45FN4O5S. The molecule has 47 heavy (non-hydrogen) atoms. The molecule has 0 unspecified atom stereocenters. The van der Waals surface area contributed by atoms with E-state index in [1.54, 1.807) is 24.3 Å². The molecule has 11 heteroatoms. The van der Waals surface area contributed by atoms with Crippen LogP contribution in [0.4, 0.5) is 10.1 Å². The monoisotopic (exact) mass is 664 g/mol. The Morgan fingerprint density at radius 1 is 1.11 bits per heavy atom. The van der Waals surface area contributed by atoms with Gasteiger partial charge >= 0.3 is 0 Å². The zero-order chi connectivity index (χ0) is 33.1. The molecule has 1 aromatic carbocycles. The van der Waals surface area contributed by atoms with E-state index in [1.807, 2.05) is 28.2 Å². The number of piperazine rings is 1. The molecule has 4 aliphatic rings. The van der Waals surface area contributed by atoms with Crippen molar-refractivity contribution < 1.29 is 28.3 Å². The number of nitrogens with zero attached hydrogens (tertiary/aromatic N) is 3. The predicted molar refractivity (Wildman–Crippen MR) is 180 cm³/mol. The van der Waals surface area contributed by atoms with Gasteiger partial charge in [0.25, 0.3) is 5.91 Å². The third-order valence-corrected chi connectivity index (χ3v) is 11.4. The summed E-state index contributed by atoms with van der Waals surface area (Å²) in [5.74, 6) is -0.764. The Hall–Kier alpha value is -3.41.